The molecule has 0 bridgehead atoms. The number of piperidine rings is 1. The summed E-state index contributed by atoms with van der Waals surface area (Å²) in [6, 6.07) is 3.22. The highest BCUT2D eigenvalue weighted by atomic mass is 16.5. The molecular formula is C17H24N2O6. The third-order valence-electron chi connectivity index (χ3n) is 4.36. The van der Waals surface area contributed by atoms with Gasteiger partial charge in [-0.2, -0.15) is 0 Å². The molecule has 0 atom stereocenters. The average Bonchev–Trinajstić information content (AvgIpc) is 2.65. The predicted octanol–water partition coefficient (Wildman–Crippen LogP) is 1.72. The van der Waals surface area contributed by atoms with Crippen molar-refractivity contribution in [3.05, 3.63) is 17.7 Å². The molecule has 0 aromatic heterocycles. The largest absolute Gasteiger partial charge is 0.496 e. The summed E-state index contributed by atoms with van der Waals surface area (Å²) >= 11 is 0. The molecule has 0 radical (unpaired) electrons. The number of likely N-dealkylation sites (tertiary alicyclic amines) is 1. The molecule has 1 aromatic carbocycles. The summed E-state index contributed by atoms with van der Waals surface area (Å²) in [5, 5.41) is 11.9. The van der Waals surface area contributed by atoms with E-state index in [0.29, 0.717) is 48.7 Å². The maximum Gasteiger partial charge on any atom is 0.317 e. The van der Waals surface area contributed by atoms with Gasteiger partial charge in [0.2, 0.25) is 0 Å². The first-order chi connectivity index (χ1) is 12.0. The summed E-state index contributed by atoms with van der Waals surface area (Å²) in [5.74, 6) is 0.542. The van der Waals surface area contributed by atoms with Crippen LogP contribution in [0.3, 0.4) is 0 Å². The van der Waals surface area contributed by atoms with Gasteiger partial charge in [-0.05, 0) is 12.8 Å². The SMILES string of the molecule is COc1cc(OC)c(CNC(=O)N2CCC(C(=O)O)CC2)c(OC)c1. The number of benzene rings is 1. The molecule has 2 N–H and O–H groups in total. The minimum absolute atomic E-state index is 0.230. The van der Waals surface area contributed by atoms with Crippen LogP contribution in [-0.2, 0) is 11.3 Å². The van der Waals surface area contributed by atoms with E-state index < -0.39 is 5.97 Å². The van der Waals surface area contributed by atoms with Gasteiger partial charge in [0.1, 0.15) is 17.2 Å². The molecule has 1 fully saturated rings. The molecule has 2 rings (SSSR count). The Morgan fingerprint density at radius 1 is 1.12 bits per heavy atom. The average molecular weight is 352 g/mol. The van der Waals surface area contributed by atoms with Crippen molar-refractivity contribution in [2.45, 2.75) is 19.4 Å². The Morgan fingerprint density at radius 2 is 1.68 bits per heavy atom. The maximum atomic E-state index is 12.3. The zero-order chi connectivity index (χ0) is 18.4. The van der Waals surface area contributed by atoms with Gasteiger partial charge in [0.25, 0.3) is 0 Å². The zero-order valence-electron chi connectivity index (χ0n) is 14.7. The zero-order valence-corrected chi connectivity index (χ0v) is 14.7. The van der Waals surface area contributed by atoms with E-state index in [2.05, 4.69) is 5.32 Å². The van der Waals surface area contributed by atoms with Crippen molar-refractivity contribution in [1.29, 1.82) is 0 Å². The lowest BCUT2D eigenvalue weighted by atomic mass is 9.97. The number of carboxylic acid groups (broad SMARTS) is 1. The molecule has 8 nitrogen and oxygen atoms in total. The van der Waals surface area contributed by atoms with E-state index in [4.69, 9.17) is 19.3 Å². The Labute approximate surface area is 146 Å². The maximum absolute atomic E-state index is 12.3. The highest BCUT2D eigenvalue weighted by Gasteiger charge is 2.27. The normalized spacial score (nSPS) is 14.8. The number of nitrogens with zero attached hydrogens (tertiary/aromatic N) is 1. The molecule has 25 heavy (non-hydrogen) atoms. The Bertz CT molecular complexity index is 601. The van der Waals surface area contributed by atoms with Crippen LogP contribution in [0.25, 0.3) is 0 Å². The van der Waals surface area contributed by atoms with Crippen molar-refractivity contribution in [3.63, 3.8) is 0 Å². The topological polar surface area (TPSA) is 97.3 Å². The van der Waals surface area contributed by atoms with Gasteiger partial charge in [-0.3, -0.25) is 4.79 Å². The molecule has 0 unspecified atom stereocenters. The lowest BCUT2D eigenvalue weighted by molar-refractivity contribution is -0.143. The lowest BCUT2D eigenvalue weighted by Crippen LogP contribution is -2.45. The van der Waals surface area contributed by atoms with E-state index in [-0.39, 0.29) is 18.5 Å². The van der Waals surface area contributed by atoms with Crippen molar-refractivity contribution >= 4 is 12.0 Å². The van der Waals surface area contributed by atoms with Crippen LogP contribution in [0.15, 0.2) is 12.1 Å². The Balaban J connectivity index is 2.01. The third-order valence-corrected chi connectivity index (χ3v) is 4.36. The minimum atomic E-state index is -0.798. The fourth-order valence-electron chi connectivity index (χ4n) is 2.86. The number of carbonyl (C=O) groups excluding carboxylic acids is 1. The summed E-state index contributed by atoms with van der Waals surface area (Å²) in [5.41, 5.74) is 0.708. The van der Waals surface area contributed by atoms with Crippen LogP contribution in [0.4, 0.5) is 4.79 Å². The van der Waals surface area contributed by atoms with Crippen LogP contribution in [-0.4, -0.2) is 56.4 Å². The summed E-state index contributed by atoms with van der Waals surface area (Å²) in [4.78, 5) is 24.9. The summed E-state index contributed by atoms with van der Waals surface area (Å²) in [7, 11) is 4.63. The van der Waals surface area contributed by atoms with E-state index in [9.17, 15) is 9.59 Å². The number of carboxylic acids is 1. The number of amides is 2. The molecule has 138 valence electrons. The summed E-state index contributed by atoms with van der Waals surface area (Å²) < 4.78 is 15.9. The molecule has 2 amide bonds. The van der Waals surface area contributed by atoms with Gasteiger partial charge >= 0.3 is 12.0 Å². The number of aliphatic carboxylic acids is 1. The minimum Gasteiger partial charge on any atom is -0.496 e. The van der Waals surface area contributed by atoms with E-state index in [1.807, 2.05) is 0 Å². The van der Waals surface area contributed by atoms with E-state index in [0.717, 1.165) is 0 Å². The van der Waals surface area contributed by atoms with E-state index in [1.54, 1.807) is 24.1 Å². The molecule has 8 heteroatoms. The van der Waals surface area contributed by atoms with E-state index in [1.165, 1.54) is 14.2 Å². The fourth-order valence-corrected chi connectivity index (χ4v) is 2.86. The predicted molar refractivity (Wildman–Crippen MR) is 90.3 cm³/mol. The summed E-state index contributed by atoms with van der Waals surface area (Å²) in [6.07, 6.45) is 0.940. The standard InChI is InChI=1S/C17H24N2O6/c1-23-12-8-14(24-2)13(15(9-12)25-3)10-18-17(22)19-6-4-11(5-7-19)16(20)21/h8-9,11H,4-7,10H2,1-3H3,(H,18,22)(H,20,21). The smallest absolute Gasteiger partial charge is 0.317 e. The number of methoxy groups -OCH3 is 3. The number of hydrogen-bond donors (Lipinski definition) is 2. The van der Waals surface area contributed by atoms with Gasteiger partial charge in [-0.1, -0.05) is 0 Å². The van der Waals surface area contributed by atoms with Gasteiger partial charge in [0.05, 0.1) is 39.4 Å². The summed E-state index contributed by atoms with van der Waals surface area (Å²) in [6.45, 7) is 1.09. The monoisotopic (exact) mass is 352 g/mol. The number of hydrogen-bond acceptors (Lipinski definition) is 5. The molecule has 1 saturated heterocycles. The van der Waals surface area contributed by atoms with Gasteiger partial charge in [0, 0.05) is 25.2 Å². The van der Waals surface area contributed by atoms with Crippen LogP contribution in [0.1, 0.15) is 18.4 Å². The molecular weight excluding hydrogens is 328 g/mol. The Morgan fingerprint density at radius 3 is 2.12 bits per heavy atom. The van der Waals surface area contributed by atoms with Crippen LogP contribution in [0, 0.1) is 5.92 Å². The van der Waals surface area contributed by atoms with Crippen LogP contribution < -0.4 is 19.5 Å². The van der Waals surface area contributed by atoms with Crippen LogP contribution >= 0.6 is 0 Å². The van der Waals surface area contributed by atoms with Crippen molar-refractivity contribution in [1.82, 2.24) is 10.2 Å². The first-order valence-corrected chi connectivity index (χ1v) is 8.04. The molecule has 1 heterocycles. The molecule has 1 aromatic rings. The number of nitrogens with one attached hydrogen (secondary N) is 1. The first-order valence-electron chi connectivity index (χ1n) is 8.04. The van der Waals surface area contributed by atoms with Crippen molar-refractivity contribution in [2.24, 2.45) is 5.92 Å². The number of carbonyl (C=O) groups is 2. The Hall–Kier alpha value is -2.64. The van der Waals surface area contributed by atoms with Crippen LogP contribution in [0.5, 0.6) is 17.2 Å². The second-order valence-electron chi connectivity index (χ2n) is 5.77. The molecule has 1 aliphatic rings. The first kappa shape index (κ1) is 18.7. The lowest BCUT2D eigenvalue weighted by Gasteiger charge is -2.30. The number of ether oxygens (including phenoxy) is 3. The second kappa shape index (κ2) is 8.46. The molecule has 0 saturated carbocycles. The number of rotatable bonds is 6. The van der Waals surface area contributed by atoms with Gasteiger partial charge in [-0.25, -0.2) is 4.79 Å². The fraction of sp³-hybridized carbons (Fsp3) is 0.529. The highest BCUT2D eigenvalue weighted by molar-refractivity contribution is 5.75. The van der Waals surface area contributed by atoms with E-state index >= 15 is 0 Å². The quantitative estimate of drug-likeness (QED) is 0.809. The van der Waals surface area contributed by atoms with Crippen LogP contribution in [0.2, 0.25) is 0 Å². The third kappa shape index (κ3) is 4.46. The van der Waals surface area contributed by atoms with Crippen molar-refractivity contribution in [3.8, 4) is 17.2 Å². The van der Waals surface area contributed by atoms with Crippen molar-refractivity contribution in [2.75, 3.05) is 34.4 Å². The van der Waals surface area contributed by atoms with Crippen molar-refractivity contribution < 1.29 is 28.9 Å². The number of urea groups is 1. The van der Waals surface area contributed by atoms with Gasteiger partial charge in [0.15, 0.2) is 0 Å². The second-order valence-corrected chi connectivity index (χ2v) is 5.77. The van der Waals surface area contributed by atoms with Gasteiger partial charge < -0.3 is 29.5 Å². The highest BCUT2D eigenvalue weighted by Crippen LogP contribution is 2.33. The Kier molecular flexibility index (Phi) is 6.32. The molecule has 0 spiro atoms. The van der Waals surface area contributed by atoms with Gasteiger partial charge in [-0.15, -0.1) is 0 Å². The molecule has 1 aliphatic heterocycles. The molecule has 0 aliphatic carbocycles.